The normalized spacial score (nSPS) is 18.4. The first kappa shape index (κ1) is 18.7. The number of halogens is 1. The first-order chi connectivity index (χ1) is 8.46. The number of rotatable bonds is 7. The number of allylic oxidation sites excluding steroid dienone is 2. The van der Waals surface area contributed by atoms with Crippen molar-refractivity contribution in [3.63, 3.8) is 0 Å². The molecule has 0 atom stereocenters. The van der Waals surface area contributed by atoms with Crippen LogP contribution in [-0.2, 0) is 4.79 Å². The van der Waals surface area contributed by atoms with Crippen molar-refractivity contribution in [2.24, 2.45) is 5.41 Å². The first-order valence-electron chi connectivity index (χ1n) is 7.25. The predicted molar refractivity (Wildman–Crippen MR) is 73.2 cm³/mol. The summed E-state index contributed by atoms with van der Waals surface area (Å²) in [6.07, 6.45) is 7.55. The fourth-order valence-corrected chi connectivity index (χ4v) is 2.55. The van der Waals surface area contributed by atoms with Crippen molar-refractivity contribution in [1.29, 1.82) is 0 Å². The van der Waals surface area contributed by atoms with Gasteiger partial charge in [-0.15, -0.1) is 0 Å². The Kier molecular flexibility index (Phi) is 8.59. The number of hydrogen-bond acceptors (Lipinski definition) is 2. The van der Waals surface area contributed by atoms with Crippen molar-refractivity contribution in [3.8, 4) is 0 Å². The molecule has 3 N–H and O–H groups in total. The molecule has 0 bridgehead atoms. The summed E-state index contributed by atoms with van der Waals surface area (Å²) in [5.74, 6) is -0.0774. The van der Waals surface area contributed by atoms with Crippen LogP contribution in [0.15, 0.2) is 11.5 Å². The van der Waals surface area contributed by atoms with E-state index in [1.807, 2.05) is 0 Å². The molecule has 4 heteroatoms. The van der Waals surface area contributed by atoms with Crippen LogP contribution >= 0.6 is 0 Å². The highest BCUT2D eigenvalue weighted by atomic mass is 79.9. The maximum Gasteiger partial charge on any atom is 0.216 e. The Labute approximate surface area is 127 Å². The Bertz CT molecular complexity index is 324. The lowest BCUT2D eigenvalue weighted by Crippen LogP contribution is -3.00. The molecule has 0 aliphatic heterocycles. The molecule has 0 aromatic carbocycles. The van der Waals surface area contributed by atoms with Crippen molar-refractivity contribution < 1.29 is 32.2 Å². The van der Waals surface area contributed by atoms with Crippen LogP contribution in [0.4, 0.5) is 0 Å². The van der Waals surface area contributed by atoms with Gasteiger partial charge in [-0.05, 0) is 18.3 Å². The zero-order valence-corrected chi connectivity index (χ0v) is 14.1. The number of hydrogen-bond donors (Lipinski definition) is 2. The number of unbranched alkanes of at least 4 members (excludes halogenated alkanes) is 4. The number of carbonyl (C=O) groups excluding carboxylic acids is 1. The zero-order valence-electron chi connectivity index (χ0n) is 12.5. The van der Waals surface area contributed by atoms with Gasteiger partial charge in [0.15, 0.2) is 5.70 Å². The van der Waals surface area contributed by atoms with Crippen molar-refractivity contribution >= 4 is 5.78 Å². The molecule has 112 valence electrons. The van der Waals surface area contributed by atoms with E-state index < -0.39 is 0 Å². The fraction of sp³-hybridized carbons (Fsp3) is 0.800. The van der Waals surface area contributed by atoms with Crippen LogP contribution in [0.3, 0.4) is 0 Å². The van der Waals surface area contributed by atoms with Crippen molar-refractivity contribution in [2.45, 2.75) is 65.7 Å². The summed E-state index contributed by atoms with van der Waals surface area (Å²) in [6.45, 7) is 7.37. The quantitative estimate of drug-likeness (QED) is 0.627. The third kappa shape index (κ3) is 6.57. The number of aliphatic hydroxyl groups excluding tert-OH is 1. The molecule has 1 aliphatic carbocycles. The topological polar surface area (TPSA) is 53.9 Å². The molecule has 0 unspecified atom stereocenters. The molecule has 0 heterocycles. The van der Waals surface area contributed by atoms with Crippen LogP contribution in [-0.4, -0.2) is 17.4 Å². The first-order valence-corrected chi connectivity index (χ1v) is 7.25. The van der Waals surface area contributed by atoms with Gasteiger partial charge in [0.2, 0.25) is 11.5 Å². The van der Waals surface area contributed by atoms with Crippen LogP contribution < -0.4 is 22.3 Å². The summed E-state index contributed by atoms with van der Waals surface area (Å²) in [5.41, 5.74) is 0.865. The molecule has 0 aromatic rings. The van der Waals surface area contributed by atoms with E-state index in [1.165, 1.54) is 25.7 Å². The molecule has 0 saturated heterocycles. The summed E-state index contributed by atoms with van der Waals surface area (Å²) in [7, 11) is 0. The summed E-state index contributed by atoms with van der Waals surface area (Å²) < 4.78 is 0. The van der Waals surface area contributed by atoms with Crippen molar-refractivity contribution in [1.82, 2.24) is 0 Å². The second-order valence-electron chi connectivity index (χ2n) is 6.22. The molecule has 0 saturated carbocycles. The minimum absolute atomic E-state index is 0. The van der Waals surface area contributed by atoms with E-state index in [2.05, 4.69) is 26.1 Å². The van der Waals surface area contributed by atoms with E-state index in [0.717, 1.165) is 25.1 Å². The highest BCUT2D eigenvalue weighted by Gasteiger charge is 2.35. The van der Waals surface area contributed by atoms with Gasteiger partial charge in [0.05, 0.1) is 6.54 Å². The number of ketones is 1. The molecule has 19 heavy (non-hydrogen) atoms. The third-order valence-corrected chi connectivity index (χ3v) is 3.57. The van der Waals surface area contributed by atoms with Gasteiger partial charge in [0.1, 0.15) is 0 Å². The number of aliphatic hydroxyl groups is 1. The Balaban J connectivity index is 0.00000324. The van der Waals surface area contributed by atoms with Gasteiger partial charge in [0, 0.05) is 12.8 Å². The lowest BCUT2D eigenvalue weighted by atomic mass is 9.78. The lowest BCUT2D eigenvalue weighted by Gasteiger charge is -2.28. The third-order valence-electron chi connectivity index (χ3n) is 3.57. The van der Waals surface area contributed by atoms with E-state index in [-0.39, 0.29) is 33.9 Å². The van der Waals surface area contributed by atoms with Crippen molar-refractivity contribution in [3.05, 3.63) is 11.5 Å². The number of carbonyl (C=O) groups is 1. The maximum absolute atomic E-state index is 11.7. The smallest absolute Gasteiger partial charge is 0.216 e. The summed E-state index contributed by atoms with van der Waals surface area (Å²) >= 11 is 0. The standard InChI is InChI=1S/C15H27NO2.BrH/c1-4-5-6-7-8-9-16-12-10-15(2,3)11-13(17)14(12)18;/h16,18H,4-11H2,1-3H3;1H. The van der Waals surface area contributed by atoms with Gasteiger partial charge in [0.25, 0.3) is 0 Å². The van der Waals surface area contributed by atoms with E-state index in [4.69, 9.17) is 0 Å². The van der Waals surface area contributed by atoms with Gasteiger partial charge in [-0.2, -0.15) is 0 Å². The molecule has 0 aromatic heterocycles. The fourth-order valence-electron chi connectivity index (χ4n) is 2.55. The van der Waals surface area contributed by atoms with Crippen LogP contribution in [0.25, 0.3) is 0 Å². The highest BCUT2D eigenvalue weighted by molar-refractivity contribution is 5.94. The summed E-state index contributed by atoms with van der Waals surface area (Å²) in [4.78, 5) is 11.7. The van der Waals surface area contributed by atoms with E-state index >= 15 is 0 Å². The van der Waals surface area contributed by atoms with E-state index in [1.54, 1.807) is 0 Å². The second-order valence-corrected chi connectivity index (χ2v) is 6.22. The van der Waals surface area contributed by atoms with Crippen molar-refractivity contribution in [2.75, 3.05) is 6.54 Å². The minimum atomic E-state index is -0.0940. The molecule has 0 radical (unpaired) electrons. The monoisotopic (exact) mass is 333 g/mol. The Morgan fingerprint density at radius 1 is 1.16 bits per heavy atom. The average molecular weight is 334 g/mol. The number of Topliss-reactive ketones (excluding diaryl/α,β-unsaturated/α-hetero) is 1. The molecule has 0 fully saturated rings. The summed E-state index contributed by atoms with van der Waals surface area (Å²) in [6, 6.07) is 0. The number of quaternary nitrogens is 1. The predicted octanol–water partition coefficient (Wildman–Crippen LogP) is -0.317. The SMILES string of the molecule is CCCCCCC[NH2+]C1=C(O)C(=O)CC(C)(C)C1.[Br-]. The summed E-state index contributed by atoms with van der Waals surface area (Å²) in [5, 5.41) is 11.9. The number of nitrogens with two attached hydrogens (primary N) is 1. The van der Waals surface area contributed by atoms with Gasteiger partial charge >= 0.3 is 0 Å². The van der Waals surface area contributed by atoms with Gasteiger partial charge < -0.3 is 27.4 Å². The van der Waals surface area contributed by atoms with Gasteiger partial charge in [-0.3, -0.25) is 4.79 Å². The highest BCUT2D eigenvalue weighted by Crippen LogP contribution is 2.33. The molecule has 0 amide bonds. The molecule has 1 rings (SSSR count). The lowest BCUT2D eigenvalue weighted by molar-refractivity contribution is -0.612. The molecular weight excluding hydrogens is 306 g/mol. The average Bonchev–Trinajstić information content (AvgIpc) is 2.28. The minimum Gasteiger partial charge on any atom is -1.00 e. The molecule has 0 spiro atoms. The second kappa shape index (κ2) is 8.75. The van der Waals surface area contributed by atoms with Gasteiger partial charge in [-0.25, -0.2) is 0 Å². The van der Waals surface area contributed by atoms with Gasteiger partial charge in [-0.1, -0.05) is 40.0 Å². The van der Waals surface area contributed by atoms with Crippen LogP contribution in [0.2, 0.25) is 0 Å². The van der Waals surface area contributed by atoms with E-state index in [0.29, 0.717) is 6.42 Å². The Hall–Kier alpha value is -0.350. The molecule has 3 nitrogen and oxygen atoms in total. The maximum atomic E-state index is 11.7. The Morgan fingerprint density at radius 2 is 1.79 bits per heavy atom. The van der Waals surface area contributed by atoms with Crippen LogP contribution in [0.5, 0.6) is 0 Å². The van der Waals surface area contributed by atoms with E-state index in [9.17, 15) is 9.90 Å². The van der Waals surface area contributed by atoms with Crippen LogP contribution in [0.1, 0.15) is 65.7 Å². The van der Waals surface area contributed by atoms with Crippen LogP contribution in [0, 0.1) is 5.41 Å². The molecule has 1 aliphatic rings. The Morgan fingerprint density at radius 3 is 2.42 bits per heavy atom. The molecular formula is C15H28BrNO2. The largest absolute Gasteiger partial charge is 1.00 e. The zero-order chi connectivity index (χ0) is 13.6.